The molecule has 0 unspecified atom stereocenters. The van der Waals surface area contributed by atoms with Gasteiger partial charge in [-0.15, -0.1) is 0 Å². The summed E-state index contributed by atoms with van der Waals surface area (Å²) < 4.78 is 0. The lowest BCUT2D eigenvalue weighted by molar-refractivity contribution is -0.127. The van der Waals surface area contributed by atoms with Gasteiger partial charge in [-0.05, 0) is 35.4 Å². The van der Waals surface area contributed by atoms with E-state index in [1.807, 2.05) is 6.07 Å². The zero-order valence-electron chi connectivity index (χ0n) is 12.6. The molecule has 0 aromatic heterocycles. The smallest absolute Gasteiger partial charge is 0.229 e. The van der Waals surface area contributed by atoms with Gasteiger partial charge in [-0.25, -0.2) is 0 Å². The topological polar surface area (TPSA) is 49.4 Å². The van der Waals surface area contributed by atoms with E-state index < -0.39 is 0 Å². The Morgan fingerprint density at radius 2 is 1.95 bits per heavy atom. The van der Waals surface area contributed by atoms with Crippen molar-refractivity contribution in [2.24, 2.45) is 5.92 Å². The molecule has 0 spiro atoms. The molecule has 2 aromatic carbocycles. The number of benzene rings is 2. The number of amides is 2. The Morgan fingerprint density at radius 3 is 2.68 bits per heavy atom. The Labute approximate surface area is 129 Å². The Morgan fingerprint density at radius 1 is 1.18 bits per heavy atom. The van der Waals surface area contributed by atoms with Crippen LogP contribution in [-0.2, 0) is 22.4 Å². The molecule has 1 N–H and O–H groups in total. The number of rotatable bonds is 2. The molecule has 1 aliphatic heterocycles. The fourth-order valence-electron chi connectivity index (χ4n) is 3.63. The summed E-state index contributed by atoms with van der Waals surface area (Å²) in [5.74, 6) is -0.266. The molecule has 2 amide bonds. The highest BCUT2D eigenvalue weighted by Crippen LogP contribution is 2.35. The molecule has 4 heteroatoms. The molecule has 2 aliphatic rings. The first-order valence-electron chi connectivity index (χ1n) is 7.72. The SMILES string of the molecule is CN1C[C@@H](C(=O)Nc2ccc3c4c(cccc24)CC3)CC1=O. The highest BCUT2D eigenvalue weighted by Gasteiger charge is 2.32. The Bertz CT molecular complexity index is 787. The normalized spacial score (nSPS) is 20.0. The molecule has 0 saturated carbocycles. The molecule has 0 radical (unpaired) electrons. The summed E-state index contributed by atoms with van der Waals surface area (Å²) in [7, 11) is 1.74. The maximum absolute atomic E-state index is 12.4. The minimum absolute atomic E-state index is 0.0422. The van der Waals surface area contributed by atoms with Gasteiger partial charge in [0.25, 0.3) is 0 Å². The third-order valence-electron chi connectivity index (χ3n) is 4.85. The van der Waals surface area contributed by atoms with E-state index in [9.17, 15) is 9.59 Å². The molecule has 2 aromatic rings. The number of anilines is 1. The van der Waals surface area contributed by atoms with Gasteiger partial charge in [0.15, 0.2) is 0 Å². The summed E-state index contributed by atoms with van der Waals surface area (Å²) in [6.07, 6.45) is 2.46. The summed E-state index contributed by atoms with van der Waals surface area (Å²) in [6.45, 7) is 0.506. The van der Waals surface area contributed by atoms with Crippen molar-refractivity contribution in [2.75, 3.05) is 18.9 Å². The standard InChI is InChI=1S/C18H18N2O2/c1-20-10-13(9-16(20)21)18(22)19-15-8-7-12-6-5-11-3-2-4-14(15)17(11)12/h2-4,7-8,13H,5-6,9-10H2,1H3,(H,19,22)/t13-/m0/s1. The van der Waals surface area contributed by atoms with E-state index in [-0.39, 0.29) is 17.7 Å². The summed E-state index contributed by atoms with van der Waals surface area (Å²) >= 11 is 0. The van der Waals surface area contributed by atoms with Gasteiger partial charge in [0.1, 0.15) is 0 Å². The van der Waals surface area contributed by atoms with E-state index in [1.54, 1.807) is 11.9 Å². The molecular weight excluding hydrogens is 276 g/mol. The molecular formula is C18H18N2O2. The van der Waals surface area contributed by atoms with Crippen LogP contribution in [0, 0.1) is 5.92 Å². The zero-order chi connectivity index (χ0) is 15.3. The van der Waals surface area contributed by atoms with Crippen LogP contribution in [0.4, 0.5) is 5.69 Å². The lowest BCUT2D eigenvalue weighted by Crippen LogP contribution is -2.25. The number of aryl methyl sites for hydroxylation is 2. The largest absolute Gasteiger partial charge is 0.345 e. The minimum atomic E-state index is -0.250. The molecule has 1 atom stereocenters. The van der Waals surface area contributed by atoms with Gasteiger partial charge in [-0.2, -0.15) is 0 Å². The number of carbonyl (C=O) groups is 2. The van der Waals surface area contributed by atoms with Crippen LogP contribution >= 0.6 is 0 Å². The molecule has 1 heterocycles. The molecule has 1 fully saturated rings. The predicted octanol–water partition coefficient (Wildman–Crippen LogP) is 2.36. The van der Waals surface area contributed by atoms with Gasteiger partial charge >= 0.3 is 0 Å². The van der Waals surface area contributed by atoms with Gasteiger partial charge in [-0.1, -0.05) is 24.3 Å². The van der Waals surface area contributed by atoms with Crippen molar-refractivity contribution in [1.82, 2.24) is 4.90 Å². The highest BCUT2D eigenvalue weighted by atomic mass is 16.2. The fraction of sp³-hybridized carbons (Fsp3) is 0.333. The van der Waals surface area contributed by atoms with Crippen molar-refractivity contribution in [3.05, 3.63) is 41.5 Å². The highest BCUT2D eigenvalue weighted by molar-refractivity contribution is 6.06. The predicted molar refractivity (Wildman–Crippen MR) is 85.7 cm³/mol. The Balaban J connectivity index is 1.66. The van der Waals surface area contributed by atoms with Crippen molar-refractivity contribution < 1.29 is 9.59 Å². The van der Waals surface area contributed by atoms with Gasteiger partial charge in [0, 0.05) is 31.1 Å². The number of carbonyl (C=O) groups excluding carboxylic acids is 2. The van der Waals surface area contributed by atoms with E-state index in [1.165, 1.54) is 16.5 Å². The van der Waals surface area contributed by atoms with Crippen molar-refractivity contribution >= 4 is 28.3 Å². The average Bonchev–Trinajstić information content (AvgIpc) is 3.08. The molecule has 1 aliphatic carbocycles. The van der Waals surface area contributed by atoms with Crippen LogP contribution in [0.15, 0.2) is 30.3 Å². The minimum Gasteiger partial charge on any atom is -0.345 e. The monoisotopic (exact) mass is 294 g/mol. The molecule has 1 saturated heterocycles. The molecule has 0 bridgehead atoms. The number of likely N-dealkylation sites (tertiary alicyclic amines) is 1. The van der Waals surface area contributed by atoms with E-state index in [0.717, 1.165) is 23.9 Å². The van der Waals surface area contributed by atoms with Crippen molar-refractivity contribution in [1.29, 1.82) is 0 Å². The van der Waals surface area contributed by atoms with Crippen LogP contribution in [-0.4, -0.2) is 30.3 Å². The quantitative estimate of drug-likeness (QED) is 0.924. The first kappa shape index (κ1) is 13.3. The first-order valence-corrected chi connectivity index (χ1v) is 7.72. The van der Waals surface area contributed by atoms with Gasteiger partial charge in [0.05, 0.1) is 5.92 Å². The van der Waals surface area contributed by atoms with Gasteiger partial charge in [-0.3, -0.25) is 9.59 Å². The second kappa shape index (κ2) is 4.83. The number of nitrogens with one attached hydrogen (secondary N) is 1. The van der Waals surface area contributed by atoms with E-state index >= 15 is 0 Å². The van der Waals surface area contributed by atoms with Crippen LogP contribution in [0.1, 0.15) is 17.5 Å². The molecule has 4 nitrogen and oxygen atoms in total. The van der Waals surface area contributed by atoms with E-state index in [4.69, 9.17) is 0 Å². The van der Waals surface area contributed by atoms with Crippen molar-refractivity contribution in [2.45, 2.75) is 19.3 Å². The zero-order valence-corrected chi connectivity index (χ0v) is 12.6. The Hall–Kier alpha value is -2.36. The second-order valence-corrected chi connectivity index (χ2v) is 6.28. The summed E-state index contributed by atoms with van der Waals surface area (Å²) in [6, 6.07) is 10.4. The first-order chi connectivity index (χ1) is 10.6. The number of hydrogen-bond donors (Lipinski definition) is 1. The molecule has 112 valence electrons. The van der Waals surface area contributed by atoms with Crippen LogP contribution in [0.25, 0.3) is 10.8 Å². The fourth-order valence-corrected chi connectivity index (χ4v) is 3.63. The lowest BCUT2D eigenvalue weighted by atomic mass is 10.0. The third-order valence-corrected chi connectivity index (χ3v) is 4.85. The van der Waals surface area contributed by atoms with Crippen LogP contribution < -0.4 is 5.32 Å². The average molecular weight is 294 g/mol. The summed E-state index contributed by atoms with van der Waals surface area (Å²) in [5, 5.41) is 5.43. The van der Waals surface area contributed by atoms with Crippen LogP contribution in [0.3, 0.4) is 0 Å². The lowest BCUT2D eigenvalue weighted by Gasteiger charge is -2.13. The molecule has 22 heavy (non-hydrogen) atoms. The van der Waals surface area contributed by atoms with Crippen LogP contribution in [0.2, 0.25) is 0 Å². The van der Waals surface area contributed by atoms with Gasteiger partial charge < -0.3 is 10.2 Å². The Kier molecular flexibility index (Phi) is 2.93. The summed E-state index contributed by atoms with van der Waals surface area (Å²) in [5.41, 5.74) is 3.58. The third kappa shape index (κ3) is 1.98. The van der Waals surface area contributed by atoms with Crippen molar-refractivity contribution in [3.8, 4) is 0 Å². The maximum Gasteiger partial charge on any atom is 0.229 e. The number of nitrogens with zero attached hydrogens (tertiary/aromatic N) is 1. The van der Waals surface area contributed by atoms with E-state index in [2.05, 4.69) is 29.6 Å². The van der Waals surface area contributed by atoms with E-state index in [0.29, 0.717) is 13.0 Å². The van der Waals surface area contributed by atoms with Crippen molar-refractivity contribution in [3.63, 3.8) is 0 Å². The second-order valence-electron chi connectivity index (χ2n) is 6.28. The summed E-state index contributed by atoms with van der Waals surface area (Å²) in [4.78, 5) is 25.7. The number of hydrogen-bond acceptors (Lipinski definition) is 2. The van der Waals surface area contributed by atoms with Crippen LogP contribution in [0.5, 0.6) is 0 Å². The van der Waals surface area contributed by atoms with Gasteiger partial charge in [0.2, 0.25) is 11.8 Å². The maximum atomic E-state index is 12.4. The molecule has 4 rings (SSSR count).